The Morgan fingerprint density at radius 2 is 1.49 bits per heavy atom. The summed E-state index contributed by atoms with van der Waals surface area (Å²) in [6.45, 7) is 2.14. The van der Waals surface area contributed by atoms with Crippen LogP contribution in [0, 0.1) is 6.92 Å². The predicted octanol–water partition coefficient (Wildman–Crippen LogP) is 6.78. The second-order valence-electron chi connectivity index (χ2n) is 9.22. The number of carbonyl (C=O) groups is 2. The fourth-order valence-electron chi connectivity index (χ4n) is 4.23. The van der Waals surface area contributed by atoms with Gasteiger partial charge < -0.3 is 4.90 Å². The van der Waals surface area contributed by atoms with Gasteiger partial charge in [0, 0.05) is 34.6 Å². The maximum atomic E-state index is 13.4. The first-order valence-electron chi connectivity index (χ1n) is 12.6. The Labute approximate surface area is 232 Å². The molecule has 6 nitrogen and oxygen atoms in total. The molecule has 0 bridgehead atoms. The van der Waals surface area contributed by atoms with Crippen LogP contribution in [-0.2, 0) is 11.3 Å². The van der Waals surface area contributed by atoms with E-state index in [1.165, 1.54) is 4.90 Å². The maximum Gasteiger partial charge on any atom is 0.254 e. The number of benzene rings is 4. The molecule has 0 saturated heterocycles. The molecule has 1 heterocycles. The van der Waals surface area contributed by atoms with E-state index in [0.29, 0.717) is 16.5 Å². The van der Waals surface area contributed by atoms with E-state index in [0.717, 1.165) is 28.1 Å². The summed E-state index contributed by atoms with van der Waals surface area (Å²) in [5.74, 6) is -0.245. The molecule has 39 heavy (non-hydrogen) atoms. The summed E-state index contributed by atoms with van der Waals surface area (Å²) in [6, 6.07) is 34.0. The molecule has 5 aromatic rings. The second kappa shape index (κ2) is 11.8. The number of aryl methyl sites for hydroxylation is 1. The number of amides is 2. The SMILES string of the molecule is Cc1ccc(-n2cc(-c3ccccc3)nc2NC(=O)CN(Cc2ccccc2)C(=O)c2ccc(Cl)cc2)cc1. The summed E-state index contributed by atoms with van der Waals surface area (Å²) in [5, 5.41) is 3.48. The van der Waals surface area contributed by atoms with Gasteiger partial charge in [0.15, 0.2) is 0 Å². The zero-order valence-corrected chi connectivity index (χ0v) is 22.2. The van der Waals surface area contributed by atoms with Crippen molar-refractivity contribution in [2.24, 2.45) is 0 Å². The van der Waals surface area contributed by atoms with Crippen LogP contribution in [0.15, 0.2) is 115 Å². The van der Waals surface area contributed by atoms with E-state index in [4.69, 9.17) is 16.6 Å². The van der Waals surface area contributed by atoms with Crippen LogP contribution in [-0.4, -0.2) is 32.8 Å². The number of anilines is 1. The van der Waals surface area contributed by atoms with Crippen molar-refractivity contribution < 1.29 is 9.59 Å². The summed E-state index contributed by atoms with van der Waals surface area (Å²) in [7, 11) is 0. The molecule has 0 fully saturated rings. The van der Waals surface area contributed by atoms with Gasteiger partial charge in [0.05, 0.1) is 5.69 Å². The average Bonchev–Trinajstić information content (AvgIpc) is 3.37. The Morgan fingerprint density at radius 1 is 0.846 bits per heavy atom. The lowest BCUT2D eigenvalue weighted by Gasteiger charge is -2.22. The fourth-order valence-corrected chi connectivity index (χ4v) is 4.36. The Bertz CT molecular complexity index is 1560. The number of halogens is 1. The average molecular weight is 535 g/mol. The fraction of sp³-hybridized carbons (Fsp3) is 0.0938. The number of aromatic nitrogens is 2. The molecule has 2 amide bonds. The van der Waals surface area contributed by atoms with E-state index >= 15 is 0 Å². The van der Waals surface area contributed by atoms with Gasteiger partial charge in [-0.3, -0.25) is 19.5 Å². The number of rotatable bonds is 8. The molecule has 7 heteroatoms. The Hall–Kier alpha value is -4.68. The molecule has 0 aliphatic heterocycles. The highest BCUT2D eigenvalue weighted by atomic mass is 35.5. The molecule has 0 spiro atoms. The molecule has 0 unspecified atom stereocenters. The first kappa shape index (κ1) is 25.9. The van der Waals surface area contributed by atoms with Gasteiger partial charge in [-0.05, 0) is 48.9 Å². The van der Waals surface area contributed by atoms with Crippen molar-refractivity contribution >= 4 is 29.4 Å². The van der Waals surface area contributed by atoms with Crippen LogP contribution in [0.3, 0.4) is 0 Å². The molecule has 5 rings (SSSR count). The summed E-state index contributed by atoms with van der Waals surface area (Å²) in [6.07, 6.45) is 1.90. The molecule has 0 radical (unpaired) electrons. The Balaban J connectivity index is 1.43. The molecule has 0 aliphatic carbocycles. The zero-order valence-electron chi connectivity index (χ0n) is 21.4. The number of imidazole rings is 1. The van der Waals surface area contributed by atoms with E-state index in [1.54, 1.807) is 24.3 Å². The molecule has 4 aromatic carbocycles. The smallest absolute Gasteiger partial charge is 0.254 e. The molecule has 0 saturated carbocycles. The lowest BCUT2D eigenvalue weighted by Crippen LogP contribution is -2.38. The minimum Gasteiger partial charge on any atom is -0.325 e. The standard InChI is InChI=1S/C32H27ClN4O2/c1-23-12-18-28(19-13-23)37-21-29(25-10-6-3-7-11-25)34-32(37)35-30(38)22-36(20-24-8-4-2-5-9-24)31(39)26-14-16-27(33)17-15-26/h2-19,21H,20,22H2,1H3,(H,34,35,38). The molecule has 0 aliphatic rings. The lowest BCUT2D eigenvalue weighted by molar-refractivity contribution is -0.117. The highest BCUT2D eigenvalue weighted by molar-refractivity contribution is 6.30. The highest BCUT2D eigenvalue weighted by Crippen LogP contribution is 2.25. The molecule has 0 atom stereocenters. The highest BCUT2D eigenvalue weighted by Gasteiger charge is 2.21. The topological polar surface area (TPSA) is 67.2 Å². The van der Waals surface area contributed by atoms with Crippen LogP contribution < -0.4 is 5.32 Å². The quantitative estimate of drug-likeness (QED) is 0.238. The number of carbonyl (C=O) groups excluding carboxylic acids is 2. The lowest BCUT2D eigenvalue weighted by atomic mass is 10.1. The molecule has 1 aromatic heterocycles. The van der Waals surface area contributed by atoms with Crippen molar-refractivity contribution in [2.45, 2.75) is 13.5 Å². The summed E-state index contributed by atoms with van der Waals surface area (Å²) >= 11 is 6.02. The summed E-state index contributed by atoms with van der Waals surface area (Å²) in [5.41, 5.74) is 5.03. The van der Waals surface area contributed by atoms with Gasteiger partial charge in [0.1, 0.15) is 6.54 Å². The zero-order chi connectivity index (χ0) is 27.2. The Kier molecular flexibility index (Phi) is 7.85. The second-order valence-corrected chi connectivity index (χ2v) is 9.66. The number of hydrogen-bond acceptors (Lipinski definition) is 3. The van der Waals surface area contributed by atoms with Crippen LogP contribution in [0.2, 0.25) is 5.02 Å². The molecule has 194 valence electrons. The third kappa shape index (κ3) is 6.43. The van der Waals surface area contributed by atoms with Crippen LogP contribution >= 0.6 is 11.6 Å². The van der Waals surface area contributed by atoms with E-state index in [9.17, 15) is 9.59 Å². The van der Waals surface area contributed by atoms with Crippen molar-refractivity contribution in [1.29, 1.82) is 0 Å². The van der Waals surface area contributed by atoms with Crippen molar-refractivity contribution in [3.8, 4) is 16.9 Å². The van der Waals surface area contributed by atoms with Gasteiger partial charge in [-0.1, -0.05) is 90.0 Å². The van der Waals surface area contributed by atoms with Gasteiger partial charge in [-0.15, -0.1) is 0 Å². The molecule has 1 N–H and O–H groups in total. The van der Waals surface area contributed by atoms with Gasteiger partial charge >= 0.3 is 0 Å². The molecular formula is C32H27ClN4O2. The van der Waals surface area contributed by atoms with Crippen LogP contribution in [0.1, 0.15) is 21.5 Å². The largest absolute Gasteiger partial charge is 0.325 e. The van der Waals surface area contributed by atoms with Crippen molar-refractivity contribution in [3.63, 3.8) is 0 Å². The van der Waals surface area contributed by atoms with E-state index in [2.05, 4.69) is 5.32 Å². The van der Waals surface area contributed by atoms with Crippen LogP contribution in [0.5, 0.6) is 0 Å². The maximum absolute atomic E-state index is 13.4. The van der Waals surface area contributed by atoms with E-state index in [-0.39, 0.29) is 24.9 Å². The van der Waals surface area contributed by atoms with Crippen LogP contribution in [0.4, 0.5) is 5.95 Å². The Morgan fingerprint density at radius 3 is 2.15 bits per heavy atom. The van der Waals surface area contributed by atoms with Gasteiger partial charge in [-0.2, -0.15) is 0 Å². The van der Waals surface area contributed by atoms with Gasteiger partial charge in [0.25, 0.3) is 5.91 Å². The van der Waals surface area contributed by atoms with Crippen LogP contribution in [0.25, 0.3) is 16.9 Å². The predicted molar refractivity (Wildman–Crippen MR) is 155 cm³/mol. The number of hydrogen-bond donors (Lipinski definition) is 1. The normalized spacial score (nSPS) is 10.7. The third-order valence-electron chi connectivity index (χ3n) is 6.27. The summed E-state index contributed by atoms with van der Waals surface area (Å²) in [4.78, 5) is 33.1. The van der Waals surface area contributed by atoms with Crippen molar-refractivity contribution in [3.05, 3.63) is 137 Å². The first-order valence-corrected chi connectivity index (χ1v) is 12.9. The number of nitrogens with zero attached hydrogens (tertiary/aromatic N) is 3. The van der Waals surface area contributed by atoms with Crippen molar-refractivity contribution in [1.82, 2.24) is 14.5 Å². The minimum absolute atomic E-state index is 0.155. The molecular weight excluding hydrogens is 508 g/mol. The first-order chi connectivity index (χ1) is 19.0. The van der Waals surface area contributed by atoms with E-state index in [1.807, 2.05) is 103 Å². The van der Waals surface area contributed by atoms with Gasteiger partial charge in [0.2, 0.25) is 11.9 Å². The third-order valence-corrected chi connectivity index (χ3v) is 6.52. The van der Waals surface area contributed by atoms with Crippen molar-refractivity contribution in [2.75, 3.05) is 11.9 Å². The monoisotopic (exact) mass is 534 g/mol. The minimum atomic E-state index is -0.355. The van der Waals surface area contributed by atoms with Gasteiger partial charge in [-0.25, -0.2) is 4.98 Å². The summed E-state index contributed by atoms with van der Waals surface area (Å²) < 4.78 is 1.85. The van der Waals surface area contributed by atoms with E-state index < -0.39 is 0 Å². The number of nitrogens with one attached hydrogen (secondary N) is 1.